The molecule has 2 N–H and O–H groups in total. The molecule has 0 unspecified atom stereocenters. The summed E-state index contributed by atoms with van der Waals surface area (Å²) < 4.78 is 11.4. The van der Waals surface area contributed by atoms with Crippen molar-refractivity contribution in [1.82, 2.24) is 0 Å². The molecule has 0 atom stereocenters. The van der Waals surface area contributed by atoms with Crippen LogP contribution in [0.3, 0.4) is 0 Å². The summed E-state index contributed by atoms with van der Waals surface area (Å²) in [4.78, 5) is 0. The molecule has 0 saturated carbocycles. The van der Waals surface area contributed by atoms with Crippen LogP contribution in [0.15, 0.2) is 47.6 Å². The van der Waals surface area contributed by atoms with Gasteiger partial charge >= 0.3 is 0 Å². The molecule has 2 aromatic rings. The van der Waals surface area contributed by atoms with E-state index < -0.39 is 0 Å². The van der Waals surface area contributed by atoms with Gasteiger partial charge in [0.15, 0.2) is 11.5 Å². The highest BCUT2D eigenvalue weighted by molar-refractivity contribution is 6.30. The van der Waals surface area contributed by atoms with Crippen molar-refractivity contribution in [2.24, 2.45) is 10.9 Å². The molecule has 0 aliphatic heterocycles. The zero-order valence-corrected chi connectivity index (χ0v) is 12.5. The highest BCUT2D eigenvalue weighted by atomic mass is 35.5. The first-order chi connectivity index (χ1) is 10.2. The molecule has 0 amide bonds. The van der Waals surface area contributed by atoms with Gasteiger partial charge in [0, 0.05) is 5.02 Å². The van der Waals surface area contributed by atoms with Gasteiger partial charge in [-0.15, -0.1) is 0 Å². The van der Waals surface area contributed by atoms with E-state index in [4.69, 9.17) is 26.9 Å². The topological polar surface area (TPSA) is 56.8 Å². The molecule has 110 valence electrons. The van der Waals surface area contributed by atoms with Crippen molar-refractivity contribution in [3.8, 4) is 11.5 Å². The number of nitrogens with two attached hydrogens (primary N) is 1. The van der Waals surface area contributed by atoms with Crippen molar-refractivity contribution < 1.29 is 9.47 Å². The Kier molecular flexibility index (Phi) is 5.46. The Morgan fingerprint density at radius 2 is 1.86 bits per heavy atom. The largest absolute Gasteiger partial charge is 0.490 e. The lowest BCUT2D eigenvalue weighted by atomic mass is 10.2. The lowest BCUT2D eigenvalue weighted by Crippen LogP contribution is -2.00. The van der Waals surface area contributed by atoms with Crippen LogP contribution in [0.1, 0.15) is 18.1 Å². The molecule has 0 aliphatic carbocycles. The smallest absolute Gasteiger partial charge is 0.161 e. The monoisotopic (exact) mass is 304 g/mol. The van der Waals surface area contributed by atoms with Gasteiger partial charge in [0.1, 0.15) is 6.61 Å². The number of hydrogen-bond acceptors (Lipinski definition) is 4. The first kappa shape index (κ1) is 15.2. The summed E-state index contributed by atoms with van der Waals surface area (Å²) in [5.74, 6) is 6.51. The summed E-state index contributed by atoms with van der Waals surface area (Å²) in [6.45, 7) is 2.93. The van der Waals surface area contributed by atoms with Crippen molar-refractivity contribution in [3.05, 3.63) is 58.6 Å². The second-order valence-corrected chi connectivity index (χ2v) is 4.77. The van der Waals surface area contributed by atoms with Crippen LogP contribution < -0.4 is 15.3 Å². The van der Waals surface area contributed by atoms with E-state index in [9.17, 15) is 0 Å². The number of nitrogens with zero attached hydrogens (tertiary/aromatic N) is 1. The second-order valence-electron chi connectivity index (χ2n) is 4.33. The van der Waals surface area contributed by atoms with E-state index >= 15 is 0 Å². The van der Waals surface area contributed by atoms with Gasteiger partial charge in [0.05, 0.1) is 12.8 Å². The van der Waals surface area contributed by atoms with Gasteiger partial charge in [-0.25, -0.2) is 0 Å². The van der Waals surface area contributed by atoms with Crippen molar-refractivity contribution >= 4 is 17.8 Å². The molecule has 0 spiro atoms. The van der Waals surface area contributed by atoms with Crippen LogP contribution >= 0.6 is 11.6 Å². The molecule has 2 aromatic carbocycles. The maximum Gasteiger partial charge on any atom is 0.161 e. The van der Waals surface area contributed by atoms with Crippen LogP contribution in [-0.2, 0) is 6.61 Å². The first-order valence-corrected chi connectivity index (χ1v) is 6.98. The van der Waals surface area contributed by atoms with E-state index in [0.29, 0.717) is 29.7 Å². The number of hydrazone groups is 1. The summed E-state index contributed by atoms with van der Waals surface area (Å²) in [5.41, 5.74) is 1.90. The molecule has 0 aliphatic rings. The number of benzene rings is 2. The molecule has 0 radical (unpaired) electrons. The Hall–Kier alpha value is -2.20. The van der Waals surface area contributed by atoms with Gasteiger partial charge in [0.25, 0.3) is 0 Å². The fourth-order valence-electron chi connectivity index (χ4n) is 1.82. The number of rotatable bonds is 6. The molecule has 4 nitrogen and oxygen atoms in total. The molecule has 0 heterocycles. The zero-order chi connectivity index (χ0) is 15.1. The summed E-state index contributed by atoms with van der Waals surface area (Å²) in [7, 11) is 0. The van der Waals surface area contributed by atoms with Gasteiger partial charge in [-0.1, -0.05) is 23.7 Å². The predicted molar refractivity (Wildman–Crippen MR) is 85.2 cm³/mol. The summed E-state index contributed by atoms with van der Waals surface area (Å²) in [6, 6.07) is 13.1. The Bertz CT molecular complexity index is 612. The van der Waals surface area contributed by atoms with Crippen LogP contribution in [0.25, 0.3) is 0 Å². The highest BCUT2D eigenvalue weighted by Crippen LogP contribution is 2.29. The normalized spacial score (nSPS) is 10.8. The van der Waals surface area contributed by atoms with Crippen molar-refractivity contribution in [1.29, 1.82) is 0 Å². The first-order valence-electron chi connectivity index (χ1n) is 6.60. The van der Waals surface area contributed by atoms with Crippen LogP contribution in [0.4, 0.5) is 0 Å². The third-order valence-electron chi connectivity index (χ3n) is 2.80. The number of halogens is 1. The average Bonchev–Trinajstić information content (AvgIpc) is 2.49. The molecule has 5 heteroatoms. The Morgan fingerprint density at radius 3 is 2.52 bits per heavy atom. The molecule has 0 fully saturated rings. The predicted octanol–water partition coefficient (Wildman–Crippen LogP) is 3.61. The molecule has 2 rings (SSSR count). The van der Waals surface area contributed by atoms with E-state index in [0.717, 1.165) is 11.1 Å². The Labute approximate surface area is 129 Å². The van der Waals surface area contributed by atoms with Crippen LogP contribution in [0.2, 0.25) is 5.02 Å². The lowest BCUT2D eigenvalue weighted by Gasteiger charge is -2.12. The molecule has 0 bridgehead atoms. The Morgan fingerprint density at radius 1 is 1.10 bits per heavy atom. The summed E-state index contributed by atoms with van der Waals surface area (Å²) in [5, 5.41) is 4.21. The fourth-order valence-corrected chi connectivity index (χ4v) is 1.95. The highest BCUT2D eigenvalue weighted by Gasteiger charge is 2.06. The standard InChI is InChI=1S/C16H17ClN2O2/c1-2-20-16-9-13(10-19-18)5-8-15(16)21-11-12-3-6-14(17)7-4-12/h3-10H,2,11,18H2,1H3. The second kappa shape index (κ2) is 7.55. The maximum absolute atomic E-state index is 5.86. The number of ether oxygens (including phenoxy) is 2. The fraction of sp³-hybridized carbons (Fsp3) is 0.188. The molecule has 0 aromatic heterocycles. The van der Waals surface area contributed by atoms with E-state index in [2.05, 4.69) is 5.10 Å². The molecular weight excluding hydrogens is 288 g/mol. The minimum Gasteiger partial charge on any atom is -0.490 e. The van der Waals surface area contributed by atoms with Gasteiger partial charge < -0.3 is 15.3 Å². The SMILES string of the molecule is CCOc1cc(C=NN)ccc1OCc1ccc(Cl)cc1. The van der Waals surface area contributed by atoms with Gasteiger partial charge in [0.2, 0.25) is 0 Å². The lowest BCUT2D eigenvalue weighted by molar-refractivity contribution is 0.269. The van der Waals surface area contributed by atoms with Crippen LogP contribution in [-0.4, -0.2) is 12.8 Å². The van der Waals surface area contributed by atoms with Crippen molar-refractivity contribution in [2.45, 2.75) is 13.5 Å². The van der Waals surface area contributed by atoms with E-state index in [1.165, 1.54) is 0 Å². The number of hydrogen-bond donors (Lipinski definition) is 1. The third kappa shape index (κ3) is 4.39. The van der Waals surface area contributed by atoms with E-state index in [1.807, 2.05) is 49.4 Å². The minimum atomic E-state index is 0.446. The van der Waals surface area contributed by atoms with Gasteiger partial charge in [-0.2, -0.15) is 5.10 Å². The van der Waals surface area contributed by atoms with Crippen LogP contribution in [0.5, 0.6) is 11.5 Å². The maximum atomic E-state index is 5.86. The molecular formula is C16H17ClN2O2. The quantitative estimate of drug-likeness (QED) is 0.504. The third-order valence-corrected chi connectivity index (χ3v) is 3.05. The molecule has 0 saturated heterocycles. The minimum absolute atomic E-state index is 0.446. The Balaban J connectivity index is 2.12. The van der Waals surface area contributed by atoms with E-state index in [-0.39, 0.29) is 0 Å². The van der Waals surface area contributed by atoms with Crippen molar-refractivity contribution in [3.63, 3.8) is 0 Å². The summed E-state index contributed by atoms with van der Waals surface area (Å²) >= 11 is 5.86. The zero-order valence-electron chi connectivity index (χ0n) is 11.8. The molecule has 21 heavy (non-hydrogen) atoms. The van der Waals surface area contributed by atoms with Gasteiger partial charge in [-0.05, 0) is 48.4 Å². The van der Waals surface area contributed by atoms with Crippen molar-refractivity contribution in [2.75, 3.05) is 6.61 Å². The van der Waals surface area contributed by atoms with Gasteiger partial charge in [-0.3, -0.25) is 0 Å². The summed E-state index contributed by atoms with van der Waals surface area (Å²) in [6.07, 6.45) is 1.56. The van der Waals surface area contributed by atoms with E-state index in [1.54, 1.807) is 6.21 Å². The van der Waals surface area contributed by atoms with Crippen LogP contribution in [0, 0.1) is 0 Å². The average molecular weight is 305 g/mol.